The summed E-state index contributed by atoms with van der Waals surface area (Å²) in [6, 6.07) is 0.230. The topological polar surface area (TPSA) is 58.3 Å². The molecule has 2 fully saturated rings. The van der Waals surface area contributed by atoms with Crippen LogP contribution < -0.4 is 11.1 Å². The monoisotopic (exact) mass is 212 g/mol. The van der Waals surface area contributed by atoms with Crippen LogP contribution in [0.2, 0.25) is 0 Å². The second kappa shape index (κ2) is 4.40. The zero-order valence-corrected chi connectivity index (χ0v) is 9.71. The van der Waals surface area contributed by atoms with Crippen molar-refractivity contribution in [1.82, 2.24) is 5.32 Å². The minimum atomic E-state index is -0.631. The van der Waals surface area contributed by atoms with Crippen molar-refractivity contribution >= 4 is 0 Å². The Morgan fingerprint density at radius 2 is 2.13 bits per heavy atom. The van der Waals surface area contributed by atoms with Crippen molar-refractivity contribution in [3.8, 4) is 0 Å². The Kier molecular flexibility index (Phi) is 3.33. The predicted molar refractivity (Wildman–Crippen MR) is 61.5 cm³/mol. The van der Waals surface area contributed by atoms with Gasteiger partial charge in [-0.3, -0.25) is 0 Å². The van der Waals surface area contributed by atoms with Gasteiger partial charge in [0.15, 0.2) is 0 Å². The molecule has 3 heteroatoms. The lowest BCUT2D eigenvalue weighted by molar-refractivity contribution is -0.0264. The molecule has 15 heavy (non-hydrogen) atoms. The molecular formula is C12H24N2O. The molecule has 1 heterocycles. The number of hydrogen-bond acceptors (Lipinski definition) is 3. The Morgan fingerprint density at radius 3 is 2.67 bits per heavy atom. The molecule has 1 saturated carbocycles. The van der Waals surface area contributed by atoms with E-state index < -0.39 is 5.60 Å². The minimum absolute atomic E-state index is 0.230. The highest BCUT2D eigenvalue weighted by Gasteiger charge is 2.49. The predicted octanol–water partition coefficient (Wildman–Crippen LogP) is 0.864. The quantitative estimate of drug-likeness (QED) is 0.648. The molecule has 2 rings (SSSR count). The van der Waals surface area contributed by atoms with Gasteiger partial charge in [0.2, 0.25) is 0 Å². The molecule has 2 aliphatic rings. The molecule has 0 spiro atoms. The average molecular weight is 212 g/mol. The third-order valence-corrected chi connectivity index (χ3v) is 4.30. The van der Waals surface area contributed by atoms with Crippen LogP contribution in [-0.4, -0.2) is 29.8 Å². The van der Waals surface area contributed by atoms with Crippen LogP contribution in [0.3, 0.4) is 0 Å². The molecule has 0 bridgehead atoms. The van der Waals surface area contributed by atoms with Crippen molar-refractivity contribution in [1.29, 1.82) is 0 Å². The maximum Gasteiger partial charge on any atom is 0.0949 e. The number of hydrogen-bond donors (Lipinski definition) is 3. The molecule has 0 aromatic rings. The summed E-state index contributed by atoms with van der Waals surface area (Å²) in [7, 11) is 0. The van der Waals surface area contributed by atoms with Gasteiger partial charge in [0.1, 0.15) is 0 Å². The van der Waals surface area contributed by atoms with Crippen LogP contribution in [0.1, 0.15) is 39.0 Å². The summed E-state index contributed by atoms with van der Waals surface area (Å²) in [5.74, 6) is 1.23. The molecule has 3 nitrogen and oxygen atoms in total. The first-order valence-electron chi connectivity index (χ1n) is 6.36. The van der Waals surface area contributed by atoms with Gasteiger partial charge in [-0.15, -0.1) is 0 Å². The summed E-state index contributed by atoms with van der Waals surface area (Å²) in [6.07, 6.45) is 5.88. The molecule has 3 atom stereocenters. The van der Waals surface area contributed by atoms with Crippen LogP contribution in [0.4, 0.5) is 0 Å². The minimum Gasteiger partial charge on any atom is -0.387 e. The SMILES string of the molecule is CCC1CCNC(C(O)(CN)C2CC2)C1. The highest BCUT2D eigenvalue weighted by molar-refractivity contribution is 5.04. The fourth-order valence-corrected chi connectivity index (χ4v) is 2.92. The van der Waals surface area contributed by atoms with Crippen molar-refractivity contribution in [2.75, 3.05) is 13.1 Å². The van der Waals surface area contributed by atoms with Gasteiger partial charge >= 0.3 is 0 Å². The molecule has 4 N–H and O–H groups in total. The lowest BCUT2D eigenvalue weighted by Gasteiger charge is -2.41. The molecule has 3 unspecified atom stereocenters. The van der Waals surface area contributed by atoms with Crippen molar-refractivity contribution in [3.05, 3.63) is 0 Å². The highest BCUT2D eigenvalue weighted by atomic mass is 16.3. The van der Waals surface area contributed by atoms with Crippen LogP contribution in [0.25, 0.3) is 0 Å². The third-order valence-electron chi connectivity index (χ3n) is 4.30. The summed E-state index contributed by atoms with van der Waals surface area (Å²) < 4.78 is 0. The zero-order valence-electron chi connectivity index (χ0n) is 9.71. The summed E-state index contributed by atoms with van der Waals surface area (Å²) in [5.41, 5.74) is 5.14. The summed E-state index contributed by atoms with van der Waals surface area (Å²) in [4.78, 5) is 0. The Hall–Kier alpha value is -0.120. The maximum absolute atomic E-state index is 10.6. The van der Waals surface area contributed by atoms with Gasteiger partial charge in [-0.25, -0.2) is 0 Å². The second-order valence-corrected chi connectivity index (χ2v) is 5.27. The zero-order chi connectivity index (χ0) is 10.9. The molecule has 1 aliphatic heterocycles. The smallest absolute Gasteiger partial charge is 0.0949 e. The number of rotatable bonds is 4. The van der Waals surface area contributed by atoms with E-state index in [2.05, 4.69) is 12.2 Å². The number of nitrogens with two attached hydrogens (primary N) is 1. The number of aliphatic hydroxyl groups is 1. The van der Waals surface area contributed by atoms with Gasteiger partial charge in [0.05, 0.1) is 5.60 Å². The van der Waals surface area contributed by atoms with Gasteiger partial charge in [-0.2, -0.15) is 0 Å². The molecule has 0 amide bonds. The highest BCUT2D eigenvalue weighted by Crippen LogP contribution is 2.43. The van der Waals surface area contributed by atoms with E-state index in [1.54, 1.807) is 0 Å². The van der Waals surface area contributed by atoms with Crippen molar-refractivity contribution in [3.63, 3.8) is 0 Å². The summed E-state index contributed by atoms with van der Waals surface area (Å²) in [6.45, 7) is 3.69. The summed E-state index contributed by atoms with van der Waals surface area (Å²) >= 11 is 0. The Labute approximate surface area is 92.4 Å². The summed E-state index contributed by atoms with van der Waals surface area (Å²) in [5, 5.41) is 14.1. The molecule has 0 aromatic heterocycles. The van der Waals surface area contributed by atoms with E-state index in [0.717, 1.165) is 31.7 Å². The molecule has 88 valence electrons. The van der Waals surface area contributed by atoms with Crippen LogP contribution >= 0.6 is 0 Å². The van der Waals surface area contributed by atoms with Crippen LogP contribution in [0.5, 0.6) is 0 Å². The van der Waals surface area contributed by atoms with Gasteiger partial charge in [-0.05, 0) is 44.1 Å². The van der Waals surface area contributed by atoms with Crippen LogP contribution in [-0.2, 0) is 0 Å². The van der Waals surface area contributed by atoms with Gasteiger partial charge in [-0.1, -0.05) is 13.3 Å². The molecule has 0 aromatic carbocycles. The lowest BCUT2D eigenvalue weighted by Crippen LogP contribution is -2.59. The molecule has 1 saturated heterocycles. The van der Waals surface area contributed by atoms with E-state index >= 15 is 0 Å². The van der Waals surface area contributed by atoms with E-state index in [9.17, 15) is 5.11 Å². The van der Waals surface area contributed by atoms with E-state index in [-0.39, 0.29) is 6.04 Å². The molecule has 0 radical (unpaired) electrons. The third kappa shape index (κ3) is 2.19. The van der Waals surface area contributed by atoms with E-state index in [0.29, 0.717) is 12.5 Å². The largest absolute Gasteiger partial charge is 0.387 e. The maximum atomic E-state index is 10.6. The normalized spacial score (nSPS) is 36.2. The van der Waals surface area contributed by atoms with Crippen LogP contribution in [0.15, 0.2) is 0 Å². The second-order valence-electron chi connectivity index (χ2n) is 5.27. The average Bonchev–Trinajstić information content (AvgIpc) is 3.12. The first-order chi connectivity index (χ1) is 7.20. The van der Waals surface area contributed by atoms with Crippen LogP contribution in [0, 0.1) is 11.8 Å². The fourth-order valence-electron chi connectivity index (χ4n) is 2.92. The van der Waals surface area contributed by atoms with E-state index in [1.165, 1.54) is 12.8 Å². The van der Waals surface area contributed by atoms with E-state index in [4.69, 9.17) is 5.73 Å². The standard InChI is InChI=1S/C12H24N2O/c1-2-9-5-6-14-11(7-9)12(15,8-13)10-3-4-10/h9-11,14-15H,2-8,13H2,1H3. The van der Waals surface area contributed by atoms with Crippen molar-refractivity contribution in [2.45, 2.75) is 50.7 Å². The van der Waals surface area contributed by atoms with Gasteiger partial charge in [0, 0.05) is 12.6 Å². The Balaban J connectivity index is 2.00. The molecular weight excluding hydrogens is 188 g/mol. The molecule has 1 aliphatic carbocycles. The fraction of sp³-hybridized carbons (Fsp3) is 1.00. The Morgan fingerprint density at radius 1 is 1.40 bits per heavy atom. The number of piperidine rings is 1. The van der Waals surface area contributed by atoms with Gasteiger partial charge in [0.25, 0.3) is 0 Å². The first-order valence-corrected chi connectivity index (χ1v) is 6.36. The lowest BCUT2D eigenvalue weighted by atomic mass is 9.79. The van der Waals surface area contributed by atoms with Gasteiger partial charge < -0.3 is 16.2 Å². The first kappa shape index (κ1) is 11.4. The number of nitrogens with one attached hydrogen (secondary N) is 1. The van der Waals surface area contributed by atoms with Crippen molar-refractivity contribution < 1.29 is 5.11 Å². The van der Waals surface area contributed by atoms with E-state index in [1.807, 2.05) is 0 Å². The van der Waals surface area contributed by atoms with Crippen molar-refractivity contribution in [2.24, 2.45) is 17.6 Å². The Bertz CT molecular complexity index is 218.